The van der Waals surface area contributed by atoms with E-state index in [1.54, 1.807) is 7.05 Å². The topological polar surface area (TPSA) is 52.6 Å². The number of amides is 1. The number of rotatable bonds is 8. The summed E-state index contributed by atoms with van der Waals surface area (Å²) in [4.78, 5) is 13.6. The standard InChI is InChI=1S/C12H26N2O2/c1-5-8-9-10(11(15)13-4)12(16)14(6-2)7-3/h10,12,16H,5-9H2,1-4H3,(H,13,15). The summed E-state index contributed by atoms with van der Waals surface area (Å²) in [5.74, 6) is -0.377. The maximum absolute atomic E-state index is 11.7. The van der Waals surface area contributed by atoms with Crippen LogP contribution in [0, 0.1) is 5.92 Å². The highest BCUT2D eigenvalue weighted by Gasteiger charge is 2.28. The molecule has 1 amide bonds. The number of nitrogens with one attached hydrogen (secondary N) is 1. The van der Waals surface area contributed by atoms with E-state index < -0.39 is 6.23 Å². The quantitative estimate of drug-likeness (QED) is 0.616. The Hall–Kier alpha value is -0.610. The highest BCUT2D eigenvalue weighted by molar-refractivity contribution is 5.78. The molecule has 96 valence electrons. The van der Waals surface area contributed by atoms with E-state index in [4.69, 9.17) is 0 Å². The maximum Gasteiger partial charge on any atom is 0.226 e. The van der Waals surface area contributed by atoms with Crippen LogP contribution in [0.4, 0.5) is 0 Å². The Labute approximate surface area is 99.0 Å². The molecule has 0 aliphatic carbocycles. The minimum atomic E-state index is -0.665. The molecule has 4 heteroatoms. The van der Waals surface area contributed by atoms with Gasteiger partial charge in [0.15, 0.2) is 0 Å². The number of aliphatic hydroxyl groups excluding tert-OH is 1. The number of hydrogen-bond acceptors (Lipinski definition) is 3. The van der Waals surface area contributed by atoms with Crippen molar-refractivity contribution < 1.29 is 9.90 Å². The number of unbranched alkanes of at least 4 members (excludes halogenated alkanes) is 1. The first kappa shape index (κ1) is 15.4. The van der Waals surface area contributed by atoms with Crippen molar-refractivity contribution in [2.24, 2.45) is 5.92 Å². The number of hydrogen-bond donors (Lipinski definition) is 2. The Morgan fingerprint density at radius 3 is 2.25 bits per heavy atom. The van der Waals surface area contributed by atoms with Gasteiger partial charge in [-0.25, -0.2) is 0 Å². The zero-order chi connectivity index (χ0) is 12.6. The van der Waals surface area contributed by atoms with E-state index in [1.165, 1.54) is 0 Å². The molecule has 0 aromatic carbocycles. The van der Waals surface area contributed by atoms with E-state index in [0.29, 0.717) is 0 Å². The van der Waals surface area contributed by atoms with E-state index >= 15 is 0 Å². The van der Waals surface area contributed by atoms with Crippen LogP contribution in [-0.2, 0) is 4.79 Å². The summed E-state index contributed by atoms with van der Waals surface area (Å²) in [5, 5.41) is 12.8. The van der Waals surface area contributed by atoms with Gasteiger partial charge < -0.3 is 10.4 Å². The molecule has 0 aromatic heterocycles. The van der Waals surface area contributed by atoms with E-state index in [9.17, 15) is 9.90 Å². The van der Waals surface area contributed by atoms with E-state index in [-0.39, 0.29) is 11.8 Å². The van der Waals surface area contributed by atoms with Crippen LogP contribution < -0.4 is 5.32 Å². The van der Waals surface area contributed by atoms with Gasteiger partial charge in [0.2, 0.25) is 5.91 Å². The molecule has 0 aromatic rings. The summed E-state index contributed by atoms with van der Waals surface area (Å²) in [6.07, 6.45) is 2.09. The Bertz CT molecular complexity index is 193. The Balaban J connectivity index is 4.52. The lowest BCUT2D eigenvalue weighted by atomic mass is 9.98. The SMILES string of the molecule is CCCCC(C(=O)NC)C(O)N(CC)CC. The third-order valence-corrected chi connectivity index (χ3v) is 3.00. The lowest BCUT2D eigenvalue weighted by Gasteiger charge is -2.30. The van der Waals surface area contributed by atoms with Gasteiger partial charge in [0.1, 0.15) is 6.23 Å². The molecule has 0 rings (SSSR count). The average Bonchev–Trinajstić information content (AvgIpc) is 2.30. The monoisotopic (exact) mass is 230 g/mol. The van der Waals surface area contributed by atoms with Crippen LogP contribution in [0.15, 0.2) is 0 Å². The van der Waals surface area contributed by atoms with Gasteiger partial charge in [0, 0.05) is 7.05 Å². The normalized spacial score (nSPS) is 14.9. The van der Waals surface area contributed by atoms with Crippen LogP contribution in [0.25, 0.3) is 0 Å². The predicted octanol–water partition coefficient (Wildman–Crippen LogP) is 1.20. The molecule has 2 atom stereocenters. The number of nitrogens with zero attached hydrogens (tertiary/aromatic N) is 1. The number of carbonyl (C=O) groups excluding carboxylic acids is 1. The van der Waals surface area contributed by atoms with Gasteiger partial charge in [-0.1, -0.05) is 33.6 Å². The second-order valence-corrected chi connectivity index (χ2v) is 4.00. The number of aliphatic hydroxyl groups is 1. The fourth-order valence-electron chi connectivity index (χ4n) is 1.88. The second-order valence-electron chi connectivity index (χ2n) is 4.00. The van der Waals surface area contributed by atoms with Gasteiger partial charge in [0.05, 0.1) is 5.92 Å². The van der Waals surface area contributed by atoms with Crippen LogP contribution >= 0.6 is 0 Å². The first-order chi connectivity index (χ1) is 7.62. The van der Waals surface area contributed by atoms with Crippen molar-refractivity contribution >= 4 is 5.91 Å². The van der Waals surface area contributed by atoms with Crippen molar-refractivity contribution in [2.75, 3.05) is 20.1 Å². The second kappa shape index (κ2) is 8.53. The largest absolute Gasteiger partial charge is 0.378 e. The predicted molar refractivity (Wildman–Crippen MR) is 66.0 cm³/mol. The van der Waals surface area contributed by atoms with Crippen molar-refractivity contribution in [3.8, 4) is 0 Å². The molecule has 0 heterocycles. The van der Waals surface area contributed by atoms with Crippen LogP contribution in [0.2, 0.25) is 0 Å². The molecule has 0 aliphatic rings. The maximum atomic E-state index is 11.7. The Kier molecular flexibility index (Phi) is 8.21. The molecule has 16 heavy (non-hydrogen) atoms. The summed E-state index contributed by atoms with van der Waals surface area (Å²) in [7, 11) is 1.62. The molecular weight excluding hydrogens is 204 g/mol. The van der Waals surface area contributed by atoms with Gasteiger partial charge in [0.25, 0.3) is 0 Å². The smallest absolute Gasteiger partial charge is 0.226 e. The molecule has 2 unspecified atom stereocenters. The molecule has 0 saturated heterocycles. The molecule has 0 saturated carbocycles. The molecule has 0 bridgehead atoms. The first-order valence-electron chi connectivity index (χ1n) is 6.25. The Morgan fingerprint density at radius 2 is 1.88 bits per heavy atom. The van der Waals surface area contributed by atoms with Crippen LogP contribution in [0.3, 0.4) is 0 Å². The molecule has 0 spiro atoms. The van der Waals surface area contributed by atoms with Crippen LogP contribution in [-0.4, -0.2) is 42.3 Å². The van der Waals surface area contributed by atoms with Crippen molar-refractivity contribution in [2.45, 2.75) is 46.3 Å². The zero-order valence-corrected chi connectivity index (χ0v) is 11.0. The zero-order valence-electron chi connectivity index (χ0n) is 11.0. The van der Waals surface area contributed by atoms with Crippen molar-refractivity contribution in [3.63, 3.8) is 0 Å². The molecular formula is C12H26N2O2. The van der Waals surface area contributed by atoms with Crippen molar-refractivity contribution in [3.05, 3.63) is 0 Å². The summed E-state index contributed by atoms with van der Waals surface area (Å²) in [5.41, 5.74) is 0. The Morgan fingerprint density at radius 1 is 1.31 bits per heavy atom. The third kappa shape index (κ3) is 4.49. The summed E-state index contributed by atoms with van der Waals surface area (Å²) < 4.78 is 0. The van der Waals surface area contributed by atoms with E-state index in [0.717, 1.165) is 32.4 Å². The highest BCUT2D eigenvalue weighted by Crippen LogP contribution is 2.16. The summed E-state index contributed by atoms with van der Waals surface area (Å²) in [6, 6.07) is 0. The highest BCUT2D eigenvalue weighted by atomic mass is 16.3. The molecule has 2 N–H and O–H groups in total. The minimum absolute atomic E-state index is 0.0622. The number of carbonyl (C=O) groups is 1. The minimum Gasteiger partial charge on any atom is -0.378 e. The molecule has 4 nitrogen and oxygen atoms in total. The molecule has 0 fully saturated rings. The van der Waals surface area contributed by atoms with Crippen molar-refractivity contribution in [1.29, 1.82) is 0 Å². The van der Waals surface area contributed by atoms with Crippen LogP contribution in [0.5, 0.6) is 0 Å². The van der Waals surface area contributed by atoms with Gasteiger partial charge in [-0.15, -0.1) is 0 Å². The third-order valence-electron chi connectivity index (χ3n) is 3.00. The average molecular weight is 230 g/mol. The van der Waals surface area contributed by atoms with Crippen LogP contribution in [0.1, 0.15) is 40.0 Å². The molecule has 0 aliphatic heterocycles. The fourth-order valence-corrected chi connectivity index (χ4v) is 1.88. The van der Waals surface area contributed by atoms with Gasteiger partial charge in [-0.3, -0.25) is 9.69 Å². The van der Waals surface area contributed by atoms with Gasteiger partial charge in [-0.2, -0.15) is 0 Å². The fraction of sp³-hybridized carbons (Fsp3) is 0.917. The lowest BCUT2D eigenvalue weighted by molar-refractivity contribution is -0.134. The first-order valence-corrected chi connectivity index (χ1v) is 6.25. The van der Waals surface area contributed by atoms with Gasteiger partial charge in [-0.05, 0) is 19.5 Å². The van der Waals surface area contributed by atoms with Gasteiger partial charge >= 0.3 is 0 Å². The van der Waals surface area contributed by atoms with Crippen molar-refractivity contribution in [1.82, 2.24) is 10.2 Å². The lowest BCUT2D eigenvalue weighted by Crippen LogP contribution is -2.46. The van der Waals surface area contributed by atoms with E-state index in [2.05, 4.69) is 12.2 Å². The summed E-state index contributed by atoms with van der Waals surface area (Å²) in [6.45, 7) is 7.60. The molecule has 0 radical (unpaired) electrons. The summed E-state index contributed by atoms with van der Waals surface area (Å²) >= 11 is 0. The van der Waals surface area contributed by atoms with E-state index in [1.807, 2.05) is 18.7 Å².